The van der Waals surface area contributed by atoms with E-state index in [0.29, 0.717) is 11.9 Å². The molecule has 1 aliphatic carbocycles. The molecule has 1 fully saturated rings. The minimum absolute atomic E-state index is 0.452. The number of aromatic nitrogens is 3. The number of hydrogen-bond donors (Lipinski definition) is 0. The van der Waals surface area contributed by atoms with Gasteiger partial charge in [0, 0.05) is 12.2 Å². The molecule has 1 unspecified atom stereocenters. The van der Waals surface area contributed by atoms with Crippen LogP contribution in [0.5, 0.6) is 0 Å². The largest absolute Gasteiger partial charge is 0.309 e. The topological polar surface area (TPSA) is 30.7 Å². The summed E-state index contributed by atoms with van der Waals surface area (Å²) in [5.41, 5.74) is 1.93. The van der Waals surface area contributed by atoms with E-state index in [1.807, 2.05) is 18.3 Å². The summed E-state index contributed by atoms with van der Waals surface area (Å²) in [5, 5.41) is 0. The zero-order chi connectivity index (χ0) is 11.8. The maximum atomic E-state index is 6.00. The van der Waals surface area contributed by atoms with E-state index >= 15 is 0 Å². The summed E-state index contributed by atoms with van der Waals surface area (Å²) in [6.45, 7) is 2.26. The molecule has 2 aromatic heterocycles. The molecule has 0 N–H and O–H groups in total. The molecule has 1 aliphatic rings. The van der Waals surface area contributed by atoms with Crippen LogP contribution in [-0.4, -0.2) is 14.5 Å². The van der Waals surface area contributed by atoms with Gasteiger partial charge in [0.25, 0.3) is 0 Å². The van der Waals surface area contributed by atoms with Gasteiger partial charge in [0.1, 0.15) is 11.3 Å². The molecule has 17 heavy (non-hydrogen) atoms. The molecule has 4 heteroatoms. The first-order valence-electron chi connectivity index (χ1n) is 6.19. The van der Waals surface area contributed by atoms with Gasteiger partial charge in [-0.25, -0.2) is 9.97 Å². The van der Waals surface area contributed by atoms with Crippen LogP contribution in [-0.2, 0) is 5.88 Å². The van der Waals surface area contributed by atoms with Crippen LogP contribution in [0, 0.1) is 5.92 Å². The van der Waals surface area contributed by atoms with E-state index in [9.17, 15) is 0 Å². The summed E-state index contributed by atoms with van der Waals surface area (Å²) in [7, 11) is 0. The van der Waals surface area contributed by atoms with Gasteiger partial charge in [0.15, 0.2) is 5.65 Å². The molecule has 1 atom stereocenters. The van der Waals surface area contributed by atoms with Crippen molar-refractivity contribution in [3.8, 4) is 0 Å². The number of imidazole rings is 1. The smallest absolute Gasteiger partial charge is 0.160 e. The van der Waals surface area contributed by atoms with Gasteiger partial charge in [0.2, 0.25) is 0 Å². The lowest BCUT2D eigenvalue weighted by molar-refractivity contribution is 0.223. The highest BCUT2D eigenvalue weighted by Crippen LogP contribution is 2.38. The van der Waals surface area contributed by atoms with Crippen molar-refractivity contribution in [3.63, 3.8) is 0 Å². The first-order valence-corrected chi connectivity index (χ1v) is 6.72. The van der Waals surface area contributed by atoms with Crippen LogP contribution >= 0.6 is 11.6 Å². The molecular formula is C13H16ClN3. The number of fused-ring (bicyclic) bond motifs is 1. The van der Waals surface area contributed by atoms with Crippen molar-refractivity contribution in [2.24, 2.45) is 5.92 Å². The number of alkyl halides is 1. The average molecular weight is 250 g/mol. The molecule has 2 heterocycles. The summed E-state index contributed by atoms with van der Waals surface area (Å²) in [4.78, 5) is 9.01. The molecule has 0 bridgehead atoms. The molecule has 0 aromatic carbocycles. The van der Waals surface area contributed by atoms with Crippen LogP contribution in [0.15, 0.2) is 18.3 Å². The normalized spacial score (nSPS) is 18.2. The van der Waals surface area contributed by atoms with Crippen molar-refractivity contribution < 1.29 is 0 Å². The standard InChI is InChI=1S/C13H16ClN3/c1-9(10-4-2-5-10)17-12(8-14)16-11-6-3-7-15-13(11)17/h3,6-7,9-10H,2,4-5,8H2,1H3. The van der Waals surface area contributed by atoms with Gasteiger partial charge in [-0.05, 0) is 37.8 Å². The zero-order valence-electron chi connectivity index (χ0n) is 9.93. The molecule has 90 valence electrons. The maximum Gasteiger partial charge on any atom is 0.160 e. The van der Waals surface area contributed by atoms with Gasteiger partial charge >= 0.3 is 0 Å². The Balaban J connectivity index is 2.11. The molecule has 0 saturated heterocycles. The summed E-state index contributed by atoms with van der Waals surface area (Å²) >= 11 is 6.00. The Labute approximate surface area is 106 Å². The van der Waals surface area contributed by atoms with Crippen LogP contribution in [0.1, 0.15) is 38.1 Å². The van der Waals surface area contributed by atoms with E-state index in [0.717, 1.165) is 22.9 Å². The second kappa shape index (κ2) is 4.30. The fourth-order valence-electron chi connectivity index (χ4n) is 2.63. The second-order valence-electron chi connectivity index (χ2n) is 4.81. The van der Waals surface area contributed by atoms with Crippen LogP contribution in [0.25, 0.3) is 11.2 Å². The van der Waals surface area contributed by atoms with Crippen LogP contribution < -0.4 is 0 Å². The van der Waals surface area contributed by atoms with E-state index in [1.165, 1.54) is 19.3 Å². The Hall–Kier alpha value is -1.09. The predicted molar refractivity (Wildman–Crippen MR) is 69.1 cm³/mol. The second-order valence-corrected chi connectivity index (χ2v) is 5.08. The van der Waals surface area contributed by atoms with Gasteiger partial charge < -0.3 is 4.57 Å². The molecule has 3 rings (SSSR count). The van der Waals surface area contributed by atoms with Gasteiger partial charge in [-0.15, -0.1) is 11.6 Å². The SMILES string of the molecule is CC(C1CCC1)n1c(CCl)nc2cccnc21. The van der Waals surface area contributed by atoms with Crippen molar-refractivity contribution in [2.75, 3.05) is 0 Å². The third-order valence-electron chi connectivity index (χ3n) is 3.88. The van der Waals surface area contributed by atoms with E-state index in [4.69, 9.17) is 11.6 Å². The molecule has 0 amide bonds. The van der Waals surface area contributed by atoms with Crippen LogP contribution in [0.2, 0.25) is 0 Å². The van der Waals surface area contributed by atoms with Crippen molar-refractivity contribution in [1.82, 2.24) is 14.5 Å². The van der Waals surface area contributed by atoms with Crippen molar-refractivity contribution in [3.05, 3.63) is 24.2 Å². The van der Waals surface area contributed by atoms with E-state index in [2.05, 4.69) is 21.5 Å². The zero-order valence-corrected chi connectivity index (χ0v) is 10.7. The fraction of sp³-hybridized carbons (Fsp3) is 0.538. The minimum Gasteiger partial charge on any atom is -0.309 e. The molecule has 2 aromatic rings. The quantitative estimate of drug-likeness (QED) is 0.779. The van der Waals surface area contributed by atoms with Crippen molar-refractivity contribution in [2.45, 2.75) is 38.1 Å². The van der Waals surface area contributed by atoms with Gasteiger partial charge in [0.05, 0.1) is 5.88 Å². The number of pyridine rings is 1. The van der Waals surface area contributed by atoms with E-state index in [1.54, 1.807) is 0 Å². The fourth-order valence-corrected chi connectivity index (χ4v) is 2.82. The number of rotatable bonds is 3. The lowest BCUT2D eigenvalue weighted by Crippen LogP contribution is -2.24. The molecule has 1 saturated carbocycles. The Kier molecular flexibility index (Phi) is 2.79. The van der Waals surface area contributed by atoms with E-state index < -0.39 is 0 Å². The summed E-state index contributed by atoms with van der Waals surface area (Å²) in [6, 6.07) is 4.38. The Bertz CT molecular complexity index is 530. The van der Waals surface area contributed by atoms with Gasteiger partial charge in [-0.2, -0.15) is 0 Å². The monoisotopic (exact) mass is 249 g/mol. The highest BCUT2D eigenvalue weighted by atomic mass is 35.5. The Morgan fingerprint density at radius 2 is 2.35 bits per heavy atom. The summed E-state index contributed by atoms with van der Waals surface area (Å²) in [6.07, 6.45) is 5.81. The first-order chi connectivity index (χ1) is 8.31. The highest BCUT2D eigenvalue weighted by Gasteiger charge is 2.28. The highest BCUT2D eigenvalue weighted by molar-refractivity contribution is 6.16. The third kappa shape index (κ3) is 1.73. The maximum absolute atomic E-state index is 6.00. The summed E-state index contributed by atoms with van der Waals surface area (Å²) < 4.78 is 2.23. The van der Waals surface area contributed by atoms with E-state index in [-0.39, 0.29) is 0 Å². The molecule has 0 spiro atoms. The van der Waals surface area contributed by atoms with Gasteiger partial charge in [-0.3, -0.25) is 0 Å². The lowest BCUT2D eigenvalue weighted by atomic mass is 9.80. The lowest BCUT2D eigenvalue weighted by Gasteiger charge is -2.33. The van der Waals surface area contributed by atoms with Crippen molar-refractivity contribution >= 4 is 22.8 Å². The van der Waals surface area contributed by atoms with Crippen LogP contribution in [0.4, 0.5) is 0 Å². The number of hydrogen-bond acceptors (Lipinski definition) is 2. The summed E-state index contributed by atoms with van der Waals surface area (Å²) in [5.74, 6) is 2.16. The van der Waals surface area contributed by atoms with Crippen LogP contribution in [0.3, 0.4) is 0 Å². The third-order valence-corrected chi connectivity index (χ3v) is 4.12. The minimum atomic E-state index is 0.452. The Morgan fingerprint density at radius 1 is 1.53 bits per heavy atom. The first kappa shape index (κ1) is 11.0. The predicted octanol–water partition coefficient (Wildman–Crippen LogP) is 3.53. The molecular weight excluding hydrogens is 234 g/mol. The van der Waals surface area contributed by atoms with Crippen molar-refractivity contribution in [1.29, 1.82) is 0 Å². The Morgan fingerprint density at radius 3 is 3.00 bits per heavy atom. The molecule has 0 radical (unpaired) electrons. The van der Waals surface area contributed by atoms with Gasteiger partial charge in [-0.1, -0.05) is 6.42 Å². The number of halogens is 1. The average Bonchev–Trinajstić information content (AvgIpc) is 2.64. The molecule has 3 nitrogen and oxygen atoms in total. The number of nitrogens with zero attached hydrogens (tertiary/aromatic N) is 3. The molecule has 0 aliphatic heterocycles.